The lowest BCUT2D eigenvalue weighted by Crippen LogP contribution is -2.17. The Morgan fingerprint density at radius 1 is 1.29 bits per heavy atom. The number of thioether (sulfide) groups is 1. The van der Waals surface area contributed by atoms with Crippen LogP contribution in [0.5, 0.6) is 0 Å². The van der Waals surface area contributed by atoms with Crippen LogP contribution in [0.4, 0.5) is 0 Å². The van der Waals surface area contributed by atoms with Crippen molar-refractivity contribution < 1.29 is 4.74 Å². The van der Waals surface area contributed by atoms with Gasteiger partial charge in [0, 0.05) is 7.11 Å². The first-order valence-electron chi connectivity index (χ1n) is 5.55. The Morgan fingerprint density at radius 2 is 1.86 bits per heavy atom. The van der Waals surface area contributed by atoms with E-state index in [0.717, 1.165) is 0 Å². The zero-order valence-corrected chi connectivity index (χ0v) is 11.4. The van der Waals surface area contributed by atoms with E-state index in [9.17, 15) is 0 Å². The molecule has 2 atom stereocenters. The summed E-state index contributed by atoms with van der Waals surface area (Å²) in [6.45, 7) is 11.4. The monoisotopic (exact) mass is 218 g/mol. The van der Waals surface area contributed by atoms with E-state index >= 15 is 0 Å². The van der Waals surface area contributed by atoms with E-state index in [4.69, 9.17) is 4.74 Å². The molecule has 0 fully saturated rings. The molecule has 1 unspecified atom stereocenters. The molecule has 1 nitrogen and oxygen atoms in total. The van der Waals surface area contributed by atoms with Gasteiger partial charge in [0.15, 0.2) is 0 Å². The Bertz CT molecular complexity index is 140. The van der Waals surface area contributed by atoms with Crippen molar-refractivity contribution in [2.24, 2.45) is 11.3 Å². The largest absolute Gasteiger partial charge is 0.371 e. The van der Waals surface area contributed by atoms with Gasteiger partial charge in [-0.05, 0) is 23.5 Å². The van der Waals surface area contributed by atoms with Crippen LogP contribution in [0.2, 0.25) is 0 Å². The summed E-state index contributed by atoms with van der Waals surface area (Å²) in [7, 11) is 1.82. The highest BCUT2D eigenvalue weighted by molar-refractivity contribution is 7.99. The Morgan fingerprint density at radius 3 is 2.21 bits per heavy atom. The highest BCUT2D eigenvalue weighted by atomic mass is 32.2. The van der Waals surface area contributed by atoms with Gasteiger partial charge in [0.2, 0.25) is 0 Å². The SMILES string of the molecule is CC[C@@H](C)C(OC)SCCC(C)(C)C. The summed E-state index contributed by atoms with van der Waals surface area (Å²) in [5, 5.41) is 0. The third-order valence-electron chi connectivity index (χ3n) is 2.48. The third-order valence-corrected chi connectivity index (χ3v) is 3.90. The molecule has 0 aromatic rings. The van der Waals surface area contributed by atoms with Crippen LogP contribution in [0.25, 0.3) is 0 Å². The van der Waals surface area contributed by atoms with Crippen molar-refractivity contribution in [2.45, 2.75) is 52.9 Å². The zero-order valence-electron chi connectivity index (χ0n) is 10.6. The molecule has 0 aliphatic heterocycles. The van der Waals surface area contributed by atoms with Crippen LogP contribution in [0.3, 0.4) is 0 Å². The summed E-state index contributed by atoms with van der Waals surface area (Å²) < 4.78 is 5.48. The van der Waals surface area contributed by atoms with E-state index in [1.165, 1.54) is 18.6 Å². The van der Waals surface area contributed by atoms with Gasteiger partial charge in [-0.15, -0.1) is 11.8 Å². The molecule has 0 saturated heterocycles. The van der Waals surface area contributed by atoms with Crippen LogP contribution in [0.1, 0.15) is 47.5 Å². The first-order valence-corrected chi connectivity index (χ1v) is 6.60. The minimum absolute atomic E-state index is 0.377. The number of rotatable bonds is 6. The molecule has 0 bridgehead atoms. The average molecular weight is 218 g/mol. The van der Waals surface area contributed by atoms with Crippen LogP contribution >= 0.6 is 11.8 Å². The number of hydrogen-bond acceptors (Lipinski definition) is 2. The molecule has 0 spiro atoms. The van der Waals surface area contributed by atoms with Crippen LogP contribution in [0, 0.1) is 11.3 Å². The normalized spacial score (nSPS) is 16.7. The fourth-order valence-electron chi connectivity index (χ4n) is 1.14. The Kier molecular flexibility index (Phi) is 6.88. The summed E-state index contributed by atoms with van der Waals surface area (Å²) in [6.07, 6.45) is 2.45. The van der Waals surface area contributed by atoms with Crippen LogP contribution < -0.4 is 0 Å². The van der Waals surface area contributed by atoms with Gasteiger partial charge in [0.05, 0.1) is 0 Å². The number of ether oxygens (including phenoxy) is 1. The van der Waals surface area contributed by atoms with E-state index in [2.05, 4.69) is 34.6 Å². The quantitative estimate of drug-likeness (QED) is 0.619. The van der Waals surface area contributed by atoms with Crippen molar-refractivity contribution in [1.29, 1.82) is 0 Å². The molecule has 0 N–H and O–H groups in total. The van der Waals surface area contributed by atoms with Gasteiger partial charge in [-0.2, -0.15) is 0 Å². The predicted octanol–water partition coefficient (Wildman–Crippen LogP) is 4.17. The fourth-order valence-corrected chi connectivity index (χ4v) is 2.76. The smallest absolute Gasteiger partial charge is 0.105 e. The molecule has 0 radical (unpaired) electrons. The van der Waals surface area contributed by atoms with Gasteiger partial charge in [0.25, 0.3) is 0 Å². The lowest BCUT2D eigenvalue weighted by atomic mass is 9.94. The third kappa shape index (κ3) is 6.72. The van der Waals surface area contributed by atoms with Crippen molar-refractivity contribution in [3.63, 3.8) is 0 Å². The summed E-state index contributed by atoms with van der Waals surface area (Å²) in [5.41, 5.74) is 0.822. The molecule has 0 amide bonds. The highest BCUT2D eigenvalue weighted by Crippen LogP contribution is 2.27. The van der Waals surface area contributed by atoms with Crippen molar-refractivity contribution in [3.8, 4) is 0 Å². The van der Waals surface area contributed by atoms with E-state index < -0.39 is 0 Å². The maximum absolute atomic E-state index is 5.48. The van der Waals surface area contributed by atoms with E-state index in [0.29, 0.717) is 16.8 Å². The summed E-state index contributed by atoms with van der Waals surface area (Å²) >= 11 is 1.96. The second kappa shape index (κ2) is 6.73. The molecule has 0 saturated carbocycles. The van der Waals surface area contributed by atoms with Gasteiger partial charge in [-0.1, -0.05) is 41.0 Å². The summed E-state index contributed by atoms with van der Waals surface area (Å²) in [5.74, 6) is 1.86. The minimum Gasteiger partial charge on any atom is -0.371 e. The van der Waals surface area contributed by atoms with Crippen molar-refractivity contribution in [1.82, 2.24) is 0 Å². The Balaban J connectivity index is 3.74. The summed E-state index contributed by atoms with van der Waals surface area (Å²) in [6, 6.07) is 0. The first-order chi connectivity index (χ1) is 6.40. The second-order valence-electron chi connectivity index (χ2n) is 5.17. The van der Waals surface area contributed by atoms with Gasteiger partial charge < -0.3 is 4.74 Å². The molecular weight excluding hydrogens is 192 g/mol. The lowest BCUT2D eigenvalue weighted by Gasteiger charge is -2.23. The molecule has 0 aliphatic carbocycles. The van der Waals surface area contributed by atoms with Gasteiger partial charge in [0.1, 0.15) is 5.44 Å². The predicted molar refractivity (Wildman–Crippen MR) is 66.8 cm³/mol. The molecule has 0 aromatic carbocycles. The summed E-state index contributed by atoms with van der Waals surface area (Å²) in [4.78, 5) is 0. The molecule has 86 valence electrons. The van der Waals surface area contributed by atoms with Crippen LogP contribution in [-0.2, 0) is 4.74 Å². The molecule has 2 heteroatoms. The van der Waals surface area contributed by atoms with Crippen molar-refractivity contribution >= 4 is 11.8 Å². The fraction of sp³-hybridized carbons (Fsp3) is 1.00. The molecule has 0 aromatic heterocycles. The zero-order chi connectivity index (χ0) is 11.2. The van der Waals surface area contributed by atoms with Gasteiger partial charge in [-0.3, -0.25) is 0 Å². The van der Waals surface area contributed by atoms with Crippen molar-refractivity contribution in [3.05, 3.63) is 0 Å². The second-order valence-corrected chi connectivity index (χ2v) is 6.38. The number of hydrogen-bond donors (Lipinski definition) is 0. The van der Waals surface area contributed by atoms with E-state index in [1.807, 2.05) is 18.9 Å². The van der Waals surface area contributed by atoms with Crippen LogP contribution in [0.15, 0.2) is 0 Å². The molecule has 0 aliphatic rings. The molecule has 14 heavy (non-hydrogen) atoms. The number of methoxy groups -OCH3 is 1. The lowest BCUT2D eigenvalue weighted by molar-refractivity contribution is 0.128. The highest BCUT2D eigenvalue weighted by Gasteiger charge is 2.17. The maximum Gasteiger partial charge on any atom is 0.105 e. The first kappa shape index (κ1) is 14.3. The molecular formula is C12H26OS. The average Bonchev–Trinajstić information content (AvgIpc) is 2.09. The van der Waals surface area contributed by atoms with Crippen LogP contribution in [-0.4, -0.2) is 18.3 Å². The van der Waals surface area contributed by atoms with Gasteiger partial charge in [-0.25, -0.2) is 0 Å². The standard InChI is InChI=1S/C12H26OS/c1-7-10(2)11(13-6)14-9-8-12(3,4)5/h10-11H,7-9H2,1-6H3/t10-,11?/m1/s1. The minimum atomic E-state index is 0.377. The van der Waals surface area contributed by atoms with Gasteiger partial charge >= 0.3 is 0 Å². The molecule has 0 heterocycles. The Hall–Kier alpha value is 0.310. The topological polar surface area (TPSA) is 9.23 Å². The maximum atomic E-state index is 5.48. The Labute approximate surface area is 94.0 Å². The van der Waals surface area contributed by atoms with Crippen molar-refractivity contribution in [2.75, 3.05) is 12.9 Å². The van der Waals surface area contributed by atoms with E-state index in [1.54, 1.807) is 0 Å². The molecule has 0 rings (SSSR count). The van der Waals surface area contributed by atoms with E-state index in [-0.39, 0.29) is 0 Å².